The number of aromatic nitrogens is 6. The largest absolute Gasteiger partial charge is 0.357 e. The van der Waals surface area contributed by atoms with Gasteiger partial charge in [-0.05, 0) is 31.9 Å². The zero-order valence-electron chi connectivity index (χ0n) is 15.6. The predicted octanol–water partition coefficient (Wildman–Crippen LogP) is 1.30. The molecule has 4 heterocycles. The fourth-order valence-corrected chi connectivity index (χ4v) is 3.33. The van der Waals surface area contributed by atoms with Crippen LogP contribution in [0.4, 0.5) is 0 Å². The molecule has 0 spiro atoms. The van der Waals surface area contributed by atoms with Crippen LogP contribution in [0.1, 0.15) is 43.7 Å². The van der Waals surface area contributed by atoms with E-state index in [-0.39, 0.29) is 0 Å². The summed E-state index contributed by atoms with van der Waals surface area (Å²) in [7, 11) is 0. The lowest BCUT2D eigenvalue weighted by molar-refractivity contribution is 0.605. The number of aliphatic imine (C=N–C) groups is 1. The minimum absolute atomic E-state index is 0.503. The molecule has 0 amide bonds. The molecule has 0 saturated heterocycles. The van der Waals surface area contributed by atoms with E-state index in [0.29, 0.717) is 13.1 Å². The van der Waals surface area contributed by atoms with Crippen LogP contribution in [-0.2, 0) is 26.1 Å². The molecule has 9 heteroatoms. The Balaban J connectivity index is 1.45. The van der Waals surface area contributed by atoms with Gasteiger partial charge in [-0.15, -0.1) is 20.4 Å². The number of aryl methyl sites for hydroxylation is 1. The first-order valence-electron chi connectivity index (χ1n) is 9.57. The van der Waals surface area contributed by atoms with Gasteiger partial charge in [0.2, 0.25) is 0 Å². The van der Waals surface area contributed by atoms with Crippen molar-refractivity contribution in [3.8, 4) is 0 Å². The molecule has 0 fully saturated rings. The van der Waals surface area contributed by atoms with Crippen molar-refractivity contribution < 1.29 is 0 Å². The third kappa shape index (κ3) is 3.91. The maximum atomic E-state index is 4.69. The molecule has 3 aromatic rings. The number of fused-ring (bicyclic) bond motifs is 2. The highest BCUT2D eigenvalue weighted by Crippen LogP contribution is 2.14. The lowest BCUT2D eigenvalue weighted by Gasteiger charge is -2.11. The molecule has 9 nitrogen and oxygen atoms in total. The van der Waals surface area contributed by atoms with Gasteiger partial charge in [-0.3, -0.25) is 4.40 Å². The molecule has 0 unspecified atom stereocenters. The van der Waals surface area contributed by atoms with Crippen molar-refractivity contribution in [3.63, 3.8) is 0 Å². The van der Waals surface area contributed by atoms with E-state index in [1.54, 1.807) is 0 Å². The monoisotopic (exact) mass is 367 g/mol. The topological polar surface area (TPSA) is 97.3 Å². The lowest BCUT2D eigenvalue weighted by atomic mass is 10.2. The Kier molecular flexibility index (Phi) is 5.27. The molecule has 0 aliphatic carbocycles. The molecule has 1 aliphatic heterocycles. The Morgan fingerprint density at radius 2 is 2.00 bits per heavy atom. The molecule has 0 saturated carbocycles. The summed E-state index contributed by atoms with van der Waals surface area (Å²) in [6, 6.07) is 5.86. The molecule has 0 atom stereocenters. The summed E-state index contributed by atoms with van der Waals surface area (Å²) in [5, 5.41) is 23.7. The van der Waals surface area contributed by atoms with E-state index in [0.717, 1.165) is 48.6 Å². The van der Waals surface area contributed by atoms with E-state index >= 15 is 0 Å². The van der Waals surface area contributed by atoms with Crippen LogP contribution in [0.25, 0.3) is 5.65 Å². The van der Waals surface area contributed by atoms with Crippen LogP contribution >= 0.6 is 0 Å². The van der Waals surface area contributed by atoms with Crippen LogP contribution in [-0.4, -0.2) is 41.9 Å². The highest BCUT2D eigenvalue weighted by atomic mass is 15.3. The third-order valence-corrected chi connectivity index (χ3v) is 4.71. The fraction of sp³-hybridized carbons (Fsp3) is 0.500. The van der Waals surface area contributed by atoms with Gasteiger partial charge in [0.1, 0.15) is 12.4 Å². The highest BCUT2D eigenvalue weighted by molar-refractivity contribution is 5.79. The second-order valence-corrected chi connectivity index (χ2v) is 6.59. The van der Waals surface area contributed by atoms with Crippen LogP contribution < -0.4 is 10.6 Å². The maximum absolute atomic E-state index is 4.69. The zero-order chi connectivity index (χ0) is 18.5. The van der Waals surface area contributed by atoms with Crippen molar-refractivity contribution in [3.05, 3.63) is 41.9 Å². The van der Waals surface area contributed by atoms with Gasteiger partial charge >= 0.3 is 0 Å². The summed E-state index contributed by atoms with van der Waals surface area (Å²) in [5.74, 6) is 3.59. The molecule has 2 N–H and O–H groups in total. The van der Waals surface area contributed by atoms with Crippen molar-refractivity contribution in [2.75, 3.05) is 6.54 Å². The van der Waals surface area contributed by atoms with Gasteiger partial charge in [-0.25, -0.2) is 4.99 Å². The Morgan fingerprint density at radius 1 is 1.07 bits per heavy atom. The fourth-order valence-electron chi connectivity index (χ4n) is 3.33. The Hall–Kier alpha value is -2.97. The molecule has 27 heavy (non-hydrogen) atoms. The standard InChI is InChI=1S/C18H25N9/c1-2-19-18(21-13-17-25-23-15-9-5-7-11-27(15)17)20-12-16-24-22-14-8-4-3-6-10-26(14)16/h5,7,9,11H,2-4,6,8,10,12-13H2,1H3,(H2,19,20,21). The summed E-state index contributed by atoms with van der Waals surface area (Å²) in [5.41, 5.74) is 0.836. The van der Waals surface area contributed by atoms with E-state index < -0.39 is 0 Å². The van der Waals surface area contributed by atoms with Gasteiger partial charge in [0.15, 0.2) is 23.3 Å². The van der Waals surface area contributed by atoms with Crippen molar-refractivity contribution in [1.29, 1.82) is 0 Å². The van der Waals surface area contributed by atoms with E-state index in [1.807, 2.05) is 35.7 Å². The van der Waals surface area contributed by atoms with Crippen LogP contribution in [0.5, 0.6) is 0 Å². The molecule has 0 aromatic carbocycles. The molecule has 0 bridgehead atoms. The Morgan fingerprint density at radius 3 is 2.93 bits per heavy atom. The number of nitrogens with one attached hydrogen (secondary N) is 2. The predicted molar refractivity (Wildman–Crippen MR) is 102 cm³/mol. The summed E-state index contributed by atoms with van der Waals surface area (Å²) in [6.07, 6.45) is 6.59. The smallest absolute Gasteiger partial charge is 0.192 e. The minimum Gasteiger partial charge on any atom is -0.357 e. The second kappa shape index (κ2) is 8.15. The first kappa shape index (κ1) is 17.4. The number of hydrogen-bond donors (Lipinski definition) is 2. The van der Waals surface area contributed by atoms with Gasteiger partial charge in [-0.2, -0.15) is 0 Å². The molecule has 3 aromatic heterocycles. The molecule has 4 rings (SSSR count). The first-order valence-corrected chi connectivity index (χ1v) is 9.57. The summed E-state index contributed by atoms with van der Waals surface area (Å²) in [6.45, 7) is 4.86. The van der Waals surface area contributed by atoms with Gasteiger partial charge in [0.25, 0.3) is 0 Å². The highest BCUT2D eigenvalue weighted by Gasteiger charge is 2.14. The van der Waals surface area contributed by atoms with Gasteiger partial charge in [0.05, 0.1) is 6.54 Å². The summed E-state index contributed by atoms with van der Waals surface area (Å²) >= 11 is 0. The van der Waals surface area contributed by atoms with Crippen LogP contribution in [0, 0.1) is 0 Å². The molecule has 0 radical (unpaired) electrons. The SMILES string of the molecule is CCNC(=NCc1nnc2n1CCCCC2)NCc1nnc2ccccn12. The summed E-state index contributed by atoms with van der Waals surface area (Å²) in [4.78, 5) is 4.69. The van der Waals surface area contributed by atoms with Crippen molar-refractivity contribution in [2.45, 2.75) is 52.2 Å². The molecular weight excluding hydrogens is 342 g/mol. The molecule has 1 aliphatic rings. The average molecular weight is 367 g/mol. The average Bonchev–Trinajstić information content (AvgIpc) is 3.20. The second-order valence-electron chi connectivity index (χ2n) is 6.59. The minimum atomic E-state index is 0.503. The number of pyridine rings is 1. The van der Waals surface area contributed by atoms with E-state index in [1.165, 1.54) is 19.3 Å². The van der Waals surface area contributed by atoms with Crippen LogP contribution in [0.3, 0.4) is 0 Å². The number of nitrogens with zero attached hydrogens (tertiary/aromatic N) is 7. The first-order chi connectivity index (χ1) is 13.3. The molecule has 142 valence electrons. The van der Waals surface area contributed by atoms with Crippen LogP contribution in [0.2, 0.25) is 0 Å². The van der Waals surface area contributed by atoms with Crippen LogP contribution in [0.15, 0.2) is 29.4 Å². The Bertz CT molecular complexity index is 924. The maximum Gasteiger partial charge on any atom is 0.192 e. The van der Waals surface area contributed by atoms with E-state index in [9.17, 15) is 0 Å². The van der Waals surface area contributed by atoms with Crippen molar-refractivity contribution >= 4 is 11.6 Å². The quantitative estimate of drug-likeness (QED) is 0.521. The van der Waals surface area contributed by atoms with E-state index in [4.69, 9.17) is 0 Å². The van der Waals surface area contributed by atoms with Crippen molar-refractivity contribution in [1.82, 2.24) is 40.0 Å². The zero-order valence-corrected chi connectivity index (χ0v) is 15.6. The van der Waals surface area contributed by atoms with Gasteiger partial charge < -0.3 is 15.2 Å². The van der Waals surface area contributed by atoms with Crippen molar-refractivity contribution in [2.24, 2.45) is 4.99 Å². The Labute approximate surface area is 157 Å². The third-order valence-electron chi connectivity index (χ3n) is 4.71. The van der Waals surface area contributed by atoms with Gasteiger partial charge in [-0.1, -0.05) is 12.5 Å². The summed E-state index contributed by atoms with van der Waals surface area (Å²) < 4.78 is 4.20. The normalized spacial score (nSPS) is 14.8. The number of hydrogen-bond acceptors (Lipinski definition) is 5. The number of rotatable bonds is 5. The molecular formula is C18H25N9. The van der Waals surface area contributed by atoms with Gasteiger partial charge in [0, 0.05) is 25.7 Å². The lowest BCUT2D eigenvalue weighted by Crippen LogP contribution is -2.37. The van der Waals surface area contributed by atoms with E-state index in [2.05, 4.69) is 40.6 Å². The number of guanidine groups is 1.